The lowest BCUT2D eigenvalue weighted by Gasteiger charge is -2.07. The second-order valence-corrected chi connectivity index (χ2v) is 4.64. The highest BCUT2D eigenvalue weighted by Crippen LogP contribution is 2.30. The minimum atomic E-state index is -0.306. The van der Waals surface area contributed by atoms with E-state index >= 15 is 0 Å². The Bertz CT molecular complexity index is 610. The molecule has 0 spiro atoms. The largest absolute Gasteiger partial charge is 0.508 e. The summed E-state index contributed by atoms with van der Waals surface area (Å²) in [6.07, 6.45) is 4.73. The molecule has 0 aliphatic rings. The summed E-state index contributed by atoms with van der Waals surface area (Å²) in [6, 6.07) is 9.58. The molecule has 2 aromatic carbocycles. The molecule has 3 heteroatoms. The van der Waals surface area contributed by atoms with Crippen LogP contribution in [0.4, 0.5) is 4.39 Å². The third-order valence-electron chi connectivity index (χ3n) is 3.09. The van der Waals surface area contributed by atoms with Crippen LogP contribution in [0.1, 0.15) is 30.0 Å². The first-order valence-electron chi connectivity index (χ1n) is 6.59. The van der Waals surface area contributed by atoms with Gasteiger partial charge in [0.1, 0.15) is 17.3 Å². The SMILES string of the molecule is CCCc1c(O)cc(/C=C\c2ccccc2F)cc1O. The van der Waals surface area contributed by atoms with Gasteiger partial charge in [0.2, 0.25) is 0 Å². The van der Waals surface area contributed by atoms with Crippen LogP contribution in [-0.2, 0) is 6.42 Å². The van der Waals surface area contributed by atoms with E-state index < -0.39 is 0 Å². The van der Waals surface area contributed by atoms with Crippen LogP contribution in [0, 0.1) is 5.82 Å². The van der Waals surface area contributed by atoms with Gasteiger partial charge in [-0.1, -0.05) is 43.7 Å². The molecule has 0 saturated carbocycles. The molecule has 0 aromatic heterocycles. The van der Waals surface area contributed by atoms with Gasteiger partial charge in [0, 0.05) is 11.1 Å². The van der Waals surface area contributed by atoms with E-state index in [-0.39, 0.29) is 17.3 Å². The molecule has 0 fully saturated rings. The van der Waals surface area contributed by atoms with Crippen molar-refractivity contribution < 1.29 is 14.6 Å². The molecule has 2 rings (SSSR count). The standard InChI is InChI=1S/C17H17FO2/c1-2-5-14-16(19)10-12(11-17(14)20)8-9-13-6-3-4-7-15(13)18/h3-4,6-11,19-20H,2,5H2,1H3/b9-8-. The van der Waals surface area contributed by atoms with E-state index in [2.05, 4.69) is 0 Å². The average molecular weight is 272 g/mol. The van der Waals surface area contributed by atoms with Crippen molar-refractivity contribution in [3.8, 4) is 11.5 Å². The number of rotatable bonds is 4. The third kappa shape index (κ3) is 3.18. The molecule has 104 valence electrons. The first kappa shape index (κ1) is 14.1. The van der Waals surface area contributed by atoms with Gasteiger partial charge in [-0.15, -0.1) is 0 Å². The zero-order chi connectivity index (χ0) is 14.5. The van der Waals surface area contributed by atoms with E-state index in [1.807, 2.05) is 6.92 Å². The fourth-order valence-corrected chi connectivity index (χ4v) is 2.06. The van der Waals surface area contributed by atoms with Gasteiger partial charge in [0.15, 0.2) is 0 Å². The summed E-state index contributed by atoms with van der Waals surface area (Å²) in [5, 5.41) is 19.8. The van der Waals surface area contributed by atoms with Gasteiger partial charge in [0.25, 0.3) is 0 Å². The molecule has 2 aromatic rings. The van der Waals surface area contributed by atoms with Crippen molar-refractivity contribution in [2.45, 2.75) is 19.8 Å². The van der Waals surface area contributed by atoms with Crippen molar-refractivity contribution in [3.05, 3.63) is 58.9 Å². The van der Waals surface area contributed by atoms with Crippen molar-refractivity contribution in [3.63, 3.8) is 0 Å². The van der Waals surface area contributed by atoms with Crippen molar-refractivity contribution >= 4 is 12.2 Å². The first-order valence-corrected chi connectivity index (χ1v) is 6.59. The van der Waals surface area contributed by atoms with E-state index in [0.29, 0.717) is 23.1 Å². The van der Waals surface area contributed by atoms with Crippen LogP contribution in [0.3, 0.4) is 0 Å². The van der Waals surface area contributed by atoms with E-state index in [4.69, 9.17) is 0 Å². The molecule has 0 heterocycles. The Hall–Kier alpha value is -2.29. The molecule has 0 amide bonds. The molecular formula is C17H17FO2. The number of phenolic OH excluding ortho intramolecular Hbond substituents is 2. The van der Waals surface area contributed by atoms with Crippen LogP contribution in [0.25, 0.3) is 12.2 Å². The van der Waals surface area contributed by atoms with Crippen molar-refractivity contribution in [2.75, 3.05) is 0 Å². The second-order valence-electron chi connectivity index (χ2n) is 4.64. The van der Waals surface area contributed by atoms with E-state index in [1.165, 1.54) is 6.07 Å². The molecule has 0 radical (unpaired) electrons. The Balaban J connectivity index is 2.29. The van der Waals surface area contributed by atoms with Crippen LogP contribution < -0.4 is 0 Å². The van der Waals surface area contributed by atoms with E-state index in [9.17, 15) is 14.6 Å². The maximum absolute atomic E-state index is 13.5. The fraction of sp³-hybridized carbons (Fsp3) is 0.176. The monoisotopic (exact) mass is 272 g/mol. The van der Waals surface area contributed by atoms with Gasteiger partial charge in [-0.25, -0.2) is 4.39 Å². The van der Waals surface area contributed by atoms with Gasteiger partial charge in [-0.2, -0.15) is 0 Å². The van der Waals surface area contributed by atoms with Crippen LogP contribution in [-0.4, -0.2) is 10.2 Å². The van der Waals surface area contributed by atoms with Gasteiger partial charge in [-0.05, 0) is 30.2 Å². The summed E-state index contributed by atoms with van der Waals surface area (Å²) in [5.41, 5.74) is 1.64. The normalized spacial score (nSPS) is 11.1. The minimum absolute atomic E-state index is 0.0695. The first-order chi connectivity index (χ1) is 9.61. The maximum Gasteiger partial charge on any atom is 0.130 e. The lowest BCUT2D eigenvalue weighted by molar-refractivity contribution is 0.437. The van der Waals surface area contributed by atoms with Gasteiger partial charge in [-0.3, -0.25) is 0 Å². The van der Waals surface area contributed by atoms with Gasteiger partial charge >= 0.3 is 0 Å². The van der Waals surface area contributed by atoms with E-state index in [0.717, 1.165) is 6.42 Å². The Morgan fingerprint density at radius 1 is 1.05 bits per heavy atom. The molecule has 0 atom stereocenters. The number of hydrogen-bond donors (Lipinski definition) is 2. The van der Waals surface area contributed by atoms with Crippen LogP contribution in [0.2, 0.25) is 0 Å². The van der Waals surface area contributed by atoms with Crippen LogP contribution in [0.5, 0.6) is 11.5 Å². The van der Waals surface area contributed by atoms with Crippen LogP contribution >= 0.6 is 0 Å². The number of halogens is 1. The summed E-state index contributed by atoms with van der Waals surface area (Å²) in [5.74, 6) is -0.167. The fourth-order valence-electron chi connectivity index (χ4n) is 2.06. The van der Waals surface area contributed by atoms with E-state index in [1.54, 1.807) is 42.5 Å². The highest BCUT2D eigenvalue weighted by molar-refractivity contribution is 5.71. The highest BCUT2D eigenvalue weighted by atomic mass is 19.1. The quantitative estimate of drug-likeness (QED) is 0.812. The lowest BCUT2D eigenvalue weighted by atomic mass is 10.0. The highest BCUT2D eigenvalue weighted by Gasteiger charge is 2.07. The Labute approximate surface area is 117 Å². The number of aromatic hydroxyl groups is 2. The summed E-state index contributed by atoms with van der Waals surface area (Å²) >= 11 is 0. The number of hydrogen-bond acceptors (Lipinski definition) is 2. The molecular weight excluding hydrogens is 255 g/mol. The summed E-state index contributed by atoms with van der Waals surface area (Å²) in [7, 11) is 0. The average Bonchev–Trinajstić information content (AvgIpc) is 2.42. The maximum atomic E-state index is 13.5. The van der Waals surface area contributed by atoms with Crippen molar-refractivity contribution in [2.24, 2.45) is 0 Å². The van der Waals surface area contributed by atoms with Gasteiger partial charge < -0.3 is 10.2 Å². The molecule has 2 nitrogen and oxygen atoms in total. The molecule has 2 N–H and O–H groups in total. The lowest BCUT2D eigenvalue weighted by Crippen LogP contribution is -1.87. The summed E-state index contributed by atoms with van der Waals surface area (Å²) in [4.78, 5) is 0. The molecule has 0 bridgehead atoms. The van der Waals surface area contributed by atoms with Crippen LogP contribution in [0.15, 0.2) is 36.4 Å². The predicted octanol–water partition coefficient (Wildman–Crippen LogP) is 4.36. The Morgan fingerprint density at radius 2 is 1.70 bits per heavy atom. The Morgan fingerprint density at radius 3 is 2.30 bits per heavy atom. The number of benzene rings is 2. The van der Waals surface area contributed by atoms with Crippen molar-refractivity contribution in [1.29, 1.82) is 0 Å². The summed E-state index contributed by atoms with van der Waals surface area (Å²) in [6.45, 7) is 1.98. The minimum Gasteiger partial charge on any atom is -0.508 e. The third-order valence-corrected chi connectivity index (χ3v) is 3.09. The Kier molecular flexibility index (Phi) is 4.41. The number of phenols is 2. The summed E-state index contributed by atoms with van der Waals surface area (Å²) < 4.78 is 13.5. The van der Waals surface area contributed by atoms with Gasteiger partial charge in [0.05, 0.1) is 0 Å². The predicted molar refractivity (Wildman–Crippen MR) is 79.1 cm³/mol. The second kappa shape index (κ2) is 6.24. The smallest absolute Gasteiger partial charge is 0.130 e. The van der Waals surface area contributed by atoms with Crippen molar-refractivity contribution in [1.82, 2.24) is 0 Å². The zero-order valence-electron chi connectivity index (χ0n) is 11.3. The zero-order valence-corrected chi connectivity index (χ0v) is 11.3. The molecule has 0 aliphatic heterocycles. The molecule has 20 heavy (non-hydrogen) atoms. The molecule has 0 aliphatic carbocycles. The topological polar surface area (TPSA) is 40.5 Å². The molecule has 0 saturated heterocycles. The molecule has 0 unspecified atom stereocenters.